The molecule has 16 heavy (non-hydrogen) atoms. The summed E-state index contributed by atoms with van der Waals surface area (Å²) >= 11 is 0. The van der Waals surface area contributed by atoms with E-state index in [4.69, 9.17) is 5.73 Å². The maximum Gasteiger partial charge on any atom is 0.198 e. The van der Waals surface area contributed by atoms with Gasteiger partial charge < -0.3 is 5.73 Å². The van der Waals surface area contributed by atoms with Crippen LogP contribution in [-0.2, 0) is 9.84 Å². The summed E-state index contributed by atoms with van der Waals surface area (Å²) in [4.78, 5) is 1.01. The topological polar surface area (TPSA) is 60.2 Å². The lowest BCUT2D eigenvalue weighted by atomic mass is 10.1. The van der Waals surface area contributed by atoms with E-state index in [1.165, 1.54) is 0 Å². The molecule has 4 heteroatoms. The molecule has 0 aliphatic heterocycles. The molecule has 0 amide bonds. The summed E-state index contributed by atoms with van der Waals surface area (Å²) in [6.45, 7) is 0. The van der Waals surface area contributed by atoms with Crippen LogP contribution in [-0.4, -0.2) is 8.42 Å². The van der Waals surface area contributed by atoms with Crippen LogP contribution >= 0.6 is 0 Å². The van der Waals surface area contributed by atoms with Gasteiger partial charge in [0.2, 0.25) is 0 Å². The van der Waals surface area contributed by atoms with Gasteiger partial charge in [0.25, 0.3) is 0 Å². The van der Waals surface area contributed by atoms with E-state index in [-0.39, 0.29) is 0 Å². The second kappa shape index (κ2) is 4.29. The van der Waals surface area contributed by atoms with Crippen LogP contribution in [0.4, 0.5) is 0 Å². The molecule has 0 fully saturated rings. The monoisotopic (exact) mass is 237 g/mol. The quantitative estimate of drug-likeness (QED) is 0.800. The first-order valence-corrected chi connectivity index (χ1v) is 6.85. The summed E-state index contributed by atoms with van der Waals surface area (Å²) in [5.74, 6) is 0. The van der Waals surface area contributed by atoms with Gasteiger partial charge in [-0.25, -0.2) is 8.42 Å². The van der Waals surface area contributed by atoms with Crippen molar-refractivity contribution in [1.29, 1.82) is 0 Å². The van der Waals surface area contributed by atoms with Crippen molar-refractivity contribution in [3.05, 3.63) is 45.9 Å². The minimum atomic E-state index is -3.24. The highest BCUT2D eigenvalue weighted by molar-refractivity contribution is 7.98. The molecule has 0 bridgehead atoms. The minimum Gasteiger partial charge on any atom is -0.402 e. The highest BCUT2D eigenvalue weighted by Crippen LogP contribution is 2.29. The summed E-state index contributed by atoms with van der Waals surface area (Å²) in [6.07, 6.45) is 11.4. The molecule has 2 aliphatic carbocycles. The number of nitrogens with two attached hydrogens (primary N) is 1. The molecule has 2 rings (SSSR count). The standard InChI is InChI=1S/C12H15NO2S/c13-10-6-8-12(9-7-10)16(14,15)11-4-2-1-3-5-11/h1-2,4,6,8H,3,5,7,9,13H2. The average molecular weight is 237 g/mol. The number of hydrogen-bond donors (Lipinski definition) is 1. The highest BCUT2D eigenvalue weighted by atomic mass is 32.2. The maximum absolute atomic E-state index is 12.2. The van der Waals surface area contributed by atoms with Crippen molar-refractivity contribution < 1.29 is 8.42 Å². The Morgan fingerprint density at radius 2 is 1.75 bits per heavy atom. The second-order valence-corrected chi connectivity index (χ2v) is 6.03. The van der Waals surface area contributed by atoms with E-state index in [1.54, 1.807) is 18.2 Å². The molecular formula is C12H15NO2S. The lowest BCUT2D eigenvalue weighted by Gasteiger charge is -2.15. The smallest absolute Gasteiger partial charge is 0.198 e. The van der Waals surface area contributed by atoms with Crippen molar-refractivity contribution in [2.75, 3.05) is 0 Å². The zero-order valence-electron chi connectivity index (χ0n) is 9.02. The van der Waals surface area contributed by atoms with Gasteiger partial charge in [0, 0.05) is 15.5 Å². The lowest BCUT2D eigenvalue weighted by molar-refractivity contribution is 0.603. The Balaban J connectivity index is 2.33. The number of allylic oxidation sites excluding steroid dienone is 8. The van der Waals surface area contributed by atoms with Crippen molar-refractivity contribution in [1.82, 2.24) is 0 Å². The van der Waals surface area contributed by atoms with Crippen LogP contribution in [0.3, 0.4) is 0 Å². The predicted molar refractivity (Wildman–Crippen MR) is 65.0 cm³/mol. The zero-order valence-corrected chi connectivity index (χ0v) is 9.83. The molecule has 0 radical (unpaired) electrons. The van der Waals surface area contributed by atoms with E-state index in [0.29, 0.717) is 29.1 Å². The molecule has 0 heterocycles. The third-order valence-corrected chi connectivity index (χ3v) is 4.87. The summed E-state index contributed by atoms with van der Waals surface area (Å²) in [5.41, 5.74) is 6.36. The Morgan fingerprint density at radius 1 is 1.00 bits per heavy atom. The van der Waals surface area contributed by atoms with Gasteiger partial charge in [-0.05, 0) is 43.9 Å². The van der Waals surface area contributed by atoms with E-state index in [9.17, 15) is 8.42 Å². The van der Waals surface area contributed by atoms with Crippen LogP contribution < -0.4 is 5.73 Å². The third kappa shape index (κ3) is 2.11. The molecular weight excluding hydrogens is 222 g/mol. The number of sulfone groups is 1. The van der Waals surface area contributed by atoms with Crippen molar-refractivity contribution in [2.24, 2.45) is 5.73 Å². The Bertz CT molecular complexity index is 507. The molecule has 0 spiro atoms. The van der Waals surface area contributed by atoms with Crippen LogP contribution in [0, 0.1) is 0 Å². The summed E-state index contributed by atoms with van der Waals surface area (Å²) in [6, 6.07) is 0. The molecule has 86 valence electrons. The first-order valence-electron chi connectivity index (χ1n) is 5.37. The molecule has 2 aliphatic rings. The van der Waals surface area contributed by atoms with Crippen LogP contribution in [0.5, 0.6) is 0 Å². The van der Waals surface area contributed by atoms with E-state index in [0.717, 1.165) is 12.1 Å². The molecule has 0 atom stereocenters. The van der Waals surface area contributed by atoms with Crippen molar-refractivity contribution >= 4 is 9.84 Å². The van der Waals surface area contributed by atoms with Gasteiger partial charge in [0.05, 0.1) is 0 Å². The van der Waals surface area contributed by atoms with Gasteiger partial charge in [-0.2, -0.15) is 0 Å². The summed E-state index contributed by atoms with van der Waals surface area (Å²) < 4.78 is 24.4. The average Bonchev–Trinajstić information content (AvgIpc) is 2.31. The van der Waals surface area contributed by atoms with E-state index < -0.39 is 9.84 Å². The fourth-order valence-corrected chi connectivity index (χ4v) is 3.43. The molecule has 0 aromatic rings. The number of hydrogen-bond acceptors (Lipinski definition) is 3. The summed E-state index contributed by atoms with van der Waals surface area (Å²) in [7, 11) is -3.24. The molecule has 0 aromatic carbocycles. The fourth-order valence-electron chi connectivity index (χ4n) is 1.83. The van der Waals surface area contributed by atoms with Gasteiger partial charge in [0.1, 0.15) is 0 Å². The molecule has 0 aromatic heterocycles. The zero-order chi connectivity index (χ0) is 11.6. The largest absolute Gasteiger partial charge is 0.402 e. The Kier molecular flexibility index (Phi) is 3.01. The van der Waals surface area contributed by atoms with Crippen LogP contribution in [0.25, 0.3) is 0 Å². The van der Waals surface area contributed by atoms with Crippen LogP contribution in [0.15, 0.2) is 45.9 Å². The molecule has 3 nitrogen and oxygen atoms in total. The minimum absolute atomic E-state index is 0.489. The van der Waals surface area contributed by atoms with Gasteiger partial charge in [0.15, 0.2) is 9.84 Å². The Labute approximate surface area is 95.9 Å². The third-order valence-electron chi connectivity index (χ3n) is 2.81. The van der Waals surface area contributed by atoms with Crippen molar-refractivity contribution in [3.8, 4) is 0 Å². The van der Waals surface area contributed by atoms with Gasteiger partial charge >= 0.3 is 0 Å². The van der Waals surface area contributed by atoms with Gasteiger partial charge in [-0.3, -0.25) is 0 Å². The predicted octanol–water partition coefficient (Wildman–Crippen LogP) is 2.16. The van der Waals surface area contributed by atoms with Crippen LogP contribution in [0.1, 0.15) is 25.7 Å². The van der Waals surface area contributed by atoms with Crippen molar-refractivity contribution in [3.63, 3.8) is 0 Å². The molecule has 0 saturated carbocycles. The lowest BCUT2D eigenvalue weighted by Crippen LogP contribution is -2.12. The SMILES string of the molecule is NC1=CC=C(S(=O)(=O)C2=CC=CCC2)CC1. The van der Waals surface area contributed by atoms with Crippen LogP contribution in [0.2, 0.25) is 0 Å². The van der Waals surface area contributed by atoms with E-state index in [2.05, 4.69) is 0 Å². The molecule has 0 unspecified atom stereocenters. The number of rotatable bonds is 2. The Morgan fingerprint density at radius 3 is 2.31 bits per heavy atom. The Hall–Kier alpha value is -1.29. The summed E-state index contributed by atoms with van der Waals surface area (Å²) in [5, 5.41) is 0. The first-order chi connectivity index (χ1) is 7.60. The van der Waals surface area contributed by atoms with E-state index in [1.807, 2.05) is 12.2 Å². The second-order valence-electron chi connectivity index (χ2n) is 3.98. The maximum atomic E-state index is 12.2. The molecule has 0 saturated heterocycles. The van der Waals surface area contributed by atoms with Gasteiger partial charge in [-0.15, -0.1) is 0 Å². The highest BCUT2D eigenvalue weighted by Gasteiger charge is 2.24. The van der Waals surface area contributed by atoms with E-state index >= 15 is 0 Å². The molecule has 2 N–H and O–H groups in total. The normalized spacial score (nSPS) is 21.1. The fraction of sp³-hybridized carbons (Fsp3) is 0.333. The van der Waals surface area contributed by atoms with Gasteiger partial charge in [-0.1, -0.05) is 12.2 Å². The first kappa shape index (κ1) is 11.2. The van der Waals surface area contributed by atoms with Crippen molar-refractivity contribution in [2.45, 2.75) is 25.7 Å².